The summed E-state index contributed by atoms with van der Waals surface area (Å²) in [6.07, 6.45) is 0.862. The summed E-state index contributed by atoms with van der Waals surface area (Å²) in [6.45, 7) is 3.79. The highest BCUT2D eigenvalue weighted by atomic mass is 16.6. The highest BCUT2D eigenvalue weighted by Crippen LogP contribution is 2.29. The number of nitrogens with zero attached hydrogens (tertiary/aromatic N) is 3. The summed E-state index contributed by atoms with van der Waals surface area (Å²) in [6, 6.07) is 20.5. The Labute approximate surface area is 258 Å². The second kappa shape index (κ2) is 12.9. The van der Waals surface area contributed by atoms with E-state index in [4.69, 9.17) is 13.9 Å². The van der Waals surface area contributed by atoms with E-state index in [0.717, 1.165) is 10.2 Å². The van der Waals surface area contributed by atoms with Crippen molar-refractivity contribution in [1.82, 2.24) is 19.7 Å². The third-order valence-electron chi connectivity index (χ3n) is 7.02. The fourth-order valence-electron chi connectivity index (χ4n) is 4.63. The van der Waals surface area contributed by atoms with Gasteiger partial charge in [-0.1, -0.05) is 42.5 Å². The fraction of sp³-hybridized carbons (Fsp3) is 0.219. The average Bonchev–Trinajstić information content (AvgIpc) is 3.74. The zero-order valence-corrected chi connectivity index (χ0v) is 25.1. The van der Waals surface area contributed by atoms with Gasteiger partial charge in [0.2, 0.25) is 0 Å². The third kappa shape index (κ3) is 6.63. The number of anilines is 2. The van der Waals surface area contributed by atoms with E-state index in [0.29, 0.717) is 5.69 Å². The van der Waals surface area contributed by atoms with E-state index in [2.05, 4.69) is 21.0 Å². The van der Waals surface area contributed by atoms with E-state index in [9.17, 15) is 19.2 Å². The fourth-order valence-corrected chi connectivity index (χ4v) is 4.63. The van der Waals surface area contributed by atoms with Crippen molar-refractivity contribution < 1.29 is 33.1 Å². The van der Waals surface area contributed by atoms with Crippen LogP contribution >= 0.6 is 0 Å². The average molecular weight is 613 g/mol. The number of hydrogen-bond donors (Lipinski definition) is 3. The van der Waals surface area contributed by atoms with E-state index in [1.807, 2.05) is 44.2 Å². The van der Waals surface area contributed by atoms with Crippen LogP contribution in [0.25, 0.3) is 11.1 Å². The van der Waals surface area contributed by atoms with E-state index < -0.39 is 29.4 Å². The molecule has 0 bridgehead atoms. The number of carbonyl (C=O) groups excluding carboxylic acids is 4. The predicted molar refractivity (Wildman–Crippen MR) is 165 cm³/mol. The van der Waals surface area contributed by atoms with Gasteiger partial charge in [0.15, 0.2) is 17.2 Å². The molecule has 0 radical (unpaired) electrons. The van der Waals surface area contributed by atoms with Crippen molar-refractivity contribution in [2.75, 3.05) is 31.0 Å². The standard InChI is InChI=1S/C32H32N6O7/c1-32(2,20-11-6-5-7-12-20)35-30(41)25-19-24-26(45-25)27(36-38(24)31(42)44-18-17-43-4)34-28(39)21-13-8-9-14-22(21)33-29(40)23-15-10-16-37(23)3/h5-16,19H,17-18H2,1-4H3,(H,33,40)(H,35,41)(H,34,36,39). The highest BCUT2D eigenvalue weighted by molar-refractivity contribution is 6.14. The van der Waals surface area contributed by atoms with Crippen LogP contribution in [0.2, 0.25) is 0 Å². The number of ether oxygens (including phenoxy) is 2. The van der Waals surface area contributed by atoms with Crippen molar-refractivity contribution in [1.29, 1.82) is 0 Å². The predicted octanol–water partition coefficient (Wildman–Crippen LogP) is 4.77. The molecule has 2 aromatic carbocycles. The first-order chi connectivity index (χ1) is 21.6. The maximum atomic E-state index is 13.5. The largest absolute Gasteiger partial charge is 0.445 e. The Kier molecular flexibility index (Phi) is 8.81. The van der Waals surface area contributed by atoms with Crippen molar-refractivity contribution in [2.45, 2.75) is 19.4 Å². The number of methoxy groups -OCH3 is 1. The maximum absolute atomic E-state index is 13.5. The minimum absolute atomic E-state index is 0.0277. The summed E-state index contributed by atoms with van der Waals surface area (Å²) in [5.74, 6) is -1.86. The summed E-state index contributed by atoms with van der Waals surface area (Å²) in [5, 5.41) is 12.5. The molecule has 0 saturated heterocycles. The molecule has 5 aromatic rings. The maximum Gasteiger partial charge on any atom is 0.435 e. The molecule has 3 amide bonds. The highest BCUT2D eigenvalue weighted by Gasteiger charge is 2.29. The molecule has 13 nitrogen and oxygen atoms in total. The van der Waals surface area contributed by atoms with Crippen LogP contribution in [-0.2, 0) is 22.1 Å². The zero-order chi connectivity index (χ0) is 32.1. The van der Waals surface area contributed by atoms with Crippen LogP contribution in [-0.4, -0.2) is 58.5 Å². The number of aromatic nitrogens is 3. The molecule has 0 aliphatic heterocycles. The first-order valence-corrected chi connectivity index (χ1v) is 14.0. The Hall–Kier alpha value is -5.69. The SMILES string of the molecule is COCCOC(=O)n1nc(NC(=O)c2ccccc2NC(=O)c2cccn2C)c2oc(C(=O)NC(C)(C)c3ccccc3)cc21. The topological polar surface area (TPSA) is 159 Å². The molecular weight excluding hydrogens is 580 g/mol. The van der Waals surface area contributed by atoms with Gasteiger partial charge in [0, 0.05) is 26.4 Å². The van der Waals surface area contributed by atoms with E-state index in [1.165, 1.54) is 19.2 Å². The minimum atomic E-state index is -0.870. The molecular formula is C32H32N6O7. The zero-order valence-electron chi connectivity index (χ0n) is 25.1. The summed E-state index contributed by atoms with van der Waals surface area (Å²) in [5.41, 5.74) is 0.953. The molecule has 3 N–H and O–H groups in total. The Balaban J connectivity index is 1.45. The molecule has 232 valence electrons. The smallest absolute Gasteiger partial charge is 0.435 e. The molecule has 3 heterocycles. The van der Waals surface area contributed by atoms with Gasteiger partial charge in [0.05, 0.1) is 23.4 Å². The molecule has 0 unspecified atom stereocenters. The lowest BCUT2D eigenvalue weighted by molar-refractivity contribution is 0.0884. The van der Waals surface area contributed by atoms with Gasteiger partial charge < -0.3 is 34.4 Å². The van der Waals surface area contributed by atoms with Crippen molar-refractivity contribution in [3.05, 3.63) is 102 Å². The summed E-state index contributed by atoms with van der Waals surface area (Å²) in [4.78, 5) is 52.6. The lowest BCUT2D eigenvalue weighted by Gasteiger charge is -2.26. The van der Waals surface area contributed by atoms with Crippen LogP contribution in [0.4, 0.5) is 16.3 Å². The first-order valence-electron chi connectivity index (χ1n) is 14.0. The van der Waals surface area contributed by atoms with Crippen LogP contribution in [0.3, 0.4) is 0 Å². The van der Waals surface area contributed by atoms with Crippen LogP contribution in [0.5, 0.6) is 0 Å². The number of para-hydroxylation sites is 1. The molecule has 0 aliphatic carbocycles. The quantitative estimate of drug-likeness (QED) is 0.190. The molecule has 0 fully saturated rings. The number of carbonyl (C=O) groups is 4. The molecule has 0 spiro atoms. The minimum Gasteiger partial charge on any atom is -0.445 e. The van der Waals surface area contributed by atoms with E-state index in [1.54, 1.807) is 48.1 Å². The van der Waals surface area contributed by atoms with Crippen molar-refractivity contribution in [3.63, 3.8) is 0 Å². The molecule has 5 rings (SSSR count). The Morgan fingerprint density at radius 1 is 0.889 bits per heavy atom. The molecule has 45 heavy (non-hydrogen) atoms. The van der Waals surface area contributed by atoms with Crippen LogP contribution in [0.1, 0.15) is 50.8 Å². The second-order valence-corrected chi connectivity index (χ2v) is 10.6. The molecule has 0 saturated carbocycles. The van der Waals surface area contributed by atoms with Crippen LogP contribution in [0.15, 0.2) is 83.4 Å². The molecule has 13 heteroatoms. The van der Waals surface area contributed by atoms with Gasteiger partial charge in [0.25, 0.3) is 17.7 Å². The van der Waals surface area contributed by atoms with Gasteiger partial charge in [-0.3, -0.25) is 14.4 Å². The molecule has 0 aliphatic rings. The lowest BCUT2D eigenvalue weighted by Crippen LogP contribution is -2.40. The monoisotopic (exact) mass is 612 g/mol. The van der Waals surface area contributed by atoms with Crippen molar-refractivity contribution in [2.24, 2.45) is 7.05 Å². The number of aryl methyl sites for hydroxylation is 1. The first kappa shape index (κ1) is 30.8. The van der Waals surface area contributed by atoms with Gasteiger partial charge in [0.1, 0.15) is 17.8 Å². The Morgan fingerprint density at radius 3 is 2.33 bits per heavy atom. The van der Waals surface area contributed by atoms with Gasteiger partial charge >= 0.3 is 6.09 Å². The third-order valence-corrected chi connectivity index (χ3v) is 7.02. The van der Waals surface area contributed by atoms with E-state index in [-0.39, 0.29) is 47.1 Å². The summed E-state index contributed by atoms with van der Waals surface area (Å²) in [7, 11) is 3.20. The van der Waals surface area contributed by atoms with Gasteiger partial charge in [-0.2, -0.15) is 4.68 Å². The molecule has 0 atom stereocenters. The van der Waals surface area contributed by atoms with Crippen LogP contribution in [0, 0.1) is 0 Å². The summed E-state index contributed by atoms with van der Waals surface area (Å²) < 4.78 is 18.6. The normalized spacial score (nSPS) is 11.3. The number of rotatable bonds is 10. The van der Waals surface area contributed by atoms with Crippen molar-refractivity contribution >= 4 is 46.4 Å². The number of furan rings is 1. The van der Waals surface area contributed by atoms with Crippen molar-refractivity contribution in [3.8, 4) is 0 Å². The van der Waals surface area contributed by atoms with Gasteiger partial charge in [-0.05, 0) is 43.7 Å². The molecule has 3 aromatic heterocycles. The van der Waals surface area contributed by atoms with Gasteiger partial charge in [-0.25, -0.2) is 4.79 Å². The van der Waals surface area contributed by atoms with E-state index >= 15 is 0 Å². The number of fused-ring (bicyclic) bond motifs is 1. The summed E-state index contributed by atoms with van der Waals surface area (Å²) >= 11 is 0. The van der Waals surface area contributed by atoms with Crippen LogP contribution < -0.4 is 16.0 Å². The number of amides is 3. The second-order valence-electron chi connectivity index (χ2n) is 10.6. The Bertz CT molecular complexity index is 1870. The number of benzene rings is 2. The lowest BCUT2D eigenvalue weighted by atomic mass is 9.94. The Morgan fingerprint density at radius 2 is 1.62 bits per heavy atom. The number of nitrogens with one attached hydrogen (secondary N) is 3. The van der Waals surface area contributed by atoms with Gasteiger partial charge in [-0.15, -0.1) is 5.10 Å². The number of hydrogen-bond acceptors (Lipinski definition) is 8.